The molecule has 0 aliphatic heterocycles. The van der Waals surface area contributed by atoms with Crippen molar-refractivity contribution in [2.24, 2.45) is 16.6 Å². The molecule has 0 aromatic heterocycles. The molecular weight excluding hydrogens is 264 g/mol. The number of urea groups is 1. The predicted molar refractivity (Wildman–Crippen MR) is 88.8 cm³/mol. The number of hydrogen-bond donors (Lipinski definition) is 2. The number of anilines is 1. The molecule has 5 heteroatoms. The number of hydrogen-bond acceptors (Lipinski definition) is 2. The standard InChI is InChI=1S/C16H26N4O/c1-6-20(14-12(4)8-7-9-13(14)5)16(21)19-15(17)18-10-11(2)3/h7-9,11H,6,10H2,1-5H3,(H3,17,18,19,21). The summed E-state index contributed by atoms with van der Waals surface area (Å²) in [5.74, 6) is 0.569. The maximum Gasteiger partial charge on any atom is 0.328 e. The van der Waals surface area contributed by atoms with Crippen LogP contribution in [-0.4, -0.2) is 25.1 Å². The van der Waals surface area contributed by atoms with E-state index >= 15 is 0 Å². The van der Waals surface area contributed by atoms with Gasteiger partial charge >= 0.3 is 6.03 Å². The van der Waals surface area contributed by atoms with E-state index in [1.807, 2.05) is 52.8 Å². The minimum atomic E-state index is -0.250. The summed E-state index contributed by atoms with van der Waals surface area (Å²) in [5, 5.41) is 2.65. The van der Waals surface area contributed by atoms with Crippen molar-refractivity contribution in [3.63, 3.8) is 0 Å². The topological polar surface area (TPSA) is 70.7 Å². The molecule has 5 nitrogen and oxygen atoms in total. The lowest BCUT2D eigenvalue weighted by molar-refractivity contribution is 0.250. The summed E-state index contributed by atoms with van der Waals surface area (Å²) in [6, 6.07) is 5.72. The average molecular weight is 290 g/mol. The molecule has 0 atom stereocenters. The van der Waals surface area contributed by atoms with Crippen molar-refractivity contribution >= 4 is 17.7 Å². The smallest absolute Gasteiger partial charge is 0.328 e. The van der Waals surface area contributed by atoms with E-state index < -0.39 is 0 Å². The highest BCUT2D eigenvalue weighted by Crippen LogP contribution is 2.24. The van der Waals surface area contributed by atoms with E-state index in [1.54, 1.807) is 4.90 Å². The van der Waals surface area contributed by atoms with Gasteiger partial charge in [0.15, 0.2) is 5.96 Å². The van der Waals surface area contributed by atoms with Crippen molar-refractivity contribution in [1.82, 2.24) is 5.32 Å². The van der Waals surface area contributed by atoms with Crippen LogP contribution in [0.3, 0.4) is 0 Å². The summed E-state index contributed by atoms with van der Waals surface area (Å²) in [4.78, 5) is 18.2. The maximum atomic E-state index is 12.4. The largest absolute Gasteiger partial charge is 0.370 e. The van der Waals surface area contributed by atoms with Crippen molar-refractivity contribution in [1.29, 1.82) is 0 Å². The first-order valence-electron chi connectivity index (χ1n) is 7.31. The molecule has 0 saturated carbocycles. The Morgan fingerprint density at radius 2 is 1.90 bits per heavy atom. The molecule has 0 aliphatic rings. The van der Waals surface area contributed by atoms with E-state index in [0.717, 1.165) is 16.8 Å². The number of carbonyl (C=O) groups excluding carboxylic acids is 1. The quantitative estimate of drug-likeness (QED) is 0.661. The fraction of sp³-hybridized carbons (Fsp3) is 0.500. The first-order valence-corrected chi connectivity index (χ1v) is 7.31. The van der Waals surface area contributed by atoms with Crippen molar-refractivity contribution in [3.05, 3.63) is 29.3 Å². The van der Waals surface area contributed by atoms with Crippen LogP contribution in [-0.2, 0) is 0 Å². The molecule has 1 aromatic rings. The van der Waals surface area contributed by atoms with Crippen LogP contribution in [0.5, 0.6) is 0 Å². The minimum absolute atomic E-state index is 0.165. The zero-order valence-electron chi connectivity index (χ0n) is 13.6. The van der Waals surface area contributed by atoms with E-state index in [2.05, 4.69) is 10.3 Å². The summed E-state index contributed by atoms with van der Waals surface area (Å²) in [7, 11) is 0. The van der Waals surface area contributed by atoms with E-state index in [4.69, 9.17) is 5.73 Å². The number of nitrogens with zero attached hydrogens (tertiary/aromatic N) is 2. The molecule has 0 fully saturated rings. The van der Waals surface area contributed by atoms with Crippen molar-refractivity contribution in [2.75, 3.05) is 18.0 Å². The molecule has 3 N–H and O–H groups in total. The Balaban J connectivity index is 2.90. The van der Waals surface area contributed by atoms with Gasteiger partial charge in [0.1, 0.15) is 0 Å². The van der Waals surface area contributed by atoms with Crippen LogP contribution < -0.4 is 16.0 Å². The Hall–Kier alpha value is -2.04. The molecule has 21 heavy (non-hydrogen) atoms. The van der Waals surface area contributed by atoms with Gasteiger partial charge < -0.3 is 5.73 Å². The Kier molecular flexibility index (Phi) is 6.21. The van der Waals surface area contributed by atoms with Crippen molar-refractivity contribution < 1.29 is 4.79 Å². The number of aryl methyl sites for hydroxylation is 2. The third-order valence-electron chi connectivity index (χ3n) is 3.13. The number of nitrogens with one attached hydrogen (secondary N) is 1. The number of nitrogens with two attached hydrogens (primary N) is 1. The lowest BCUT2D eigenvalue weighted by atomic mass is 10.1. The highest BCUT2D eigenvalue weighted by molar-refractivity contribution is 6.03. The number of aliphatic imine (C=N–C) groups is 1. The van der Waals surface area contributed by atoms with Crippen molar-refractivity contribution in [2.45, 2.75) is 34.6 Å². The van der Waals surface area contributed by atoms with Crippen LogP contribution in [0.15, 0.2) is 23.2 Å². The fourth-order valence-electron chi connectivity index (χ4n) is 2.13. The molecule has 2 amide bonds. The van der Waals surface area contributed by atoms with Crippen LogP contribution in [0, 0.1) is 19.8 Å². The molecule has 116 valence electrons. The van der Waals surface area contributed by atoms with Gasteiger partial charge in [0, 0.05) is 13.1 Å². The molecule has 0 saturated heterocycles. The summed E-state index contributed by atoms with van der Waals surface area (Å²) >= 11 is 0. The molecule has 0 unspecified atom stereocenters. The molecular formula is C16H26N4O. The Bertz CT molecular complexity index is 503. The van der Waals surface area contributed by atoms with Gasteiger partial charge in [-0.15, -0.1) is 0 Å². The van der Waals surface area contributed by atoms with Gasteiger partial charge in [-0.2, -0.15) is 0 Å². The number of benzene rings is 1. The summed E-state index contributed by atoms with van der Waals surface area (Å²) in [5.41, 5.74) is 8.81. The van der Waals surface area contributed by atoms with Gasteiger partial charge in [-0.05, 0) is 37.8 Å². The number of guanidine groups is 1. The van der Waals surface area contributed by atoms with Crippen LogP contribution in [0.4, 0.5) is 10.5 Å². The minimum Gasteiger partial charge on any atom is -0.370 e. The predicted octanol–water partition coefficient (Wildman–Crippen LogP) is 2.81. The second-order valence-corrected chi connectivity index (χ2v) is 5.53. The summed E-state index contributed by atoms with van der Waals surface area (Å²) < 4.78 is 0. The van der Waals surface area contributed by atoms with Crippen LogP contribution >= 0.6 is 0 Å². The first kappa shape index (κ1) is 17.0. The van der Waals surface area contributed by atoms with Gasteiger partial charge in [-0.25, -0.2) is 4.79 Å². The number of carbonyl (C=O) groups is 1. The van der Waals surface area contributed by atoms with E-state index in [9.17, 15) is 4.79 Å². The van der Waals surface area contributed by atoms with Crippen LogP contribution in [0.25, 0.3) is 0 Å². The molecule has 0 aliphatic carbocycles. The summed E-state index contributed by atoms with van der Waals surface area (Å²) in [6.07, 6.45) is 0. The zero-order chi connectivity index (χ0) is 16.0. The highest BCUT2D eigenvalue weighted by Gasteiger charge is 2.18. The second kappa shape index (κ2) is 7.67. The normalized spacial score (nSPS) is 11.6. The first-order chi connectivity index (χ1) is 9.86. The highest BCUT2D eigenvalue weighted by atomic mass is 16.2. The van der Waals surface area contributed by atoms with Gasteiger partial charge in [0.25, 0.3) is 0 Å². The third kappa shape index (κ3) is 4.77. The number of para-hydroxylation sites is 1. The number of amides is 2. The Morgan fingerprint density at radius 3 is 2.38 bits per heavy atom. The third-order valence-corrected chi connectivity index (χ3v) is 3.13. The lowest BCUT2D eigenvalue weighted by Crippen LogP contribution is -2.46. The molecule has 1 aromatic carbocycles. The summed E-state index contributed by atoms with van der Waals surface area (Å²) in [6.45, 7) is 11.2. The Labute approximate surface area is 127 Å². The van der Waals surface area contributed by atoms with E-state index in [1.165, 1.54) is 0 Å². The van der Waals surface area contributed by atoms with Gasteiger partial charge in [-0.1, -0.05) is 32.0 Å². The van der Waals surface area contributed by atoms with Crippen LogP contribution in [0.2, 0.25) is 0 Å². The SMILES string of the molecule is CCN(C(=O)NC(N)=NCC(C)C)c1c(C)cccc1C. The lowest BCUT2D eigenvalue weighted by Gasteiger charge is -2.25. The average Bonchev–Trinajstić information content (AvgIpc) is 2.40. The maximum absolute atomic E-state index is 12.4. The van der Waals surface area contributed by atoms with E-state index in [0.29, 0.717) is 19.0 Å². The van der Waals surface area contributed by atoms with Gasteiger partial charge in [-0.3, -0.25) is 15.2 Å². The molecule has 0 heterocycles. The zero-order valence-corrected chi connectivity index (χ0v) is 13.6. The van der Waals surface area contributed by atoms with Gasteiger partial charge in [0.2, 0.25) is 0 Å². The number of rotatable bonds is 4. The Morgan fingerprint density at radius 1 is 1.33 bits per heavy atom. The van der Waals surface area contributed by atoms with Crippen LogP contribution in [0.1, 0.15) is 31.9 Å². The molecule has 0 radical (unpaired) electrons. The monoisotopic (exact) mass is 290 g/mol. The van der Waals surface area contributed by atoms with E-state index in [-0.39, 0.29) is 12.0 Å². The van der Waals surface area contributed by atoms with Crippen molar-refractivity contribution in [3.8, 4) is 0 Å². The van der Waals surface area contributed by atoms with Gasteiger partial charge in [0.05, 0.1) is 5.69 Å². The second-order valence-electron chi connectivity index (χ2n) is 5.53. The molecule has 1 rings (SSSR count). The molecule has 0 spiro atoms. The fourth-order valence-corrected chi connectivity index (χ4v) is 2.13. The molecule has 0 bridgehead atoms.